The number of ether oxygens (including phenoxy) is 1. The molecule has 1 atom stereocenters. The van der Waals surface area contributed by atoms with Gasteiger partial charge in [0.2, 0.25) is 10.0 Å². The van der Waals surface area contributed by atoms with Gasteiger partial charge in [-0.1, -0.05) is 30.3 Å². The van der Waals surface area contributed by atoms with E-state index in [-0.39, 0.29) is 22.6 Å². The van der Waals surface area contributed by atoms with E-state index in [4.69, 9.17) is 0 Å². The van der Waals surface area contributed by atoms with Gasteiger partial charge < -0.3 is 4.74 Å². The van der Waals surface area contributed by atoms with Crippen LogP contribution in [-0.4, -0.2) is 32.5 Å². The molecule has 0 spiro atoms. The van der Waals surface area contributed by atoms with Crippen LogP contribution in [0.5, 0.6) is 0 Å². The lowest BCUT2D eigenvalue weighted by molar-refractivity contribution is -0.385. The molecule has 0 aliphatic rings. The average molecular weight is 392 g/mol. The van der Waals surface area contributed by atoms with E-state index in [1.807, 2.05) is 30.3 Å². The molecule has 0 aromatic heterocycles. The first kappa shape index (κ1) is 20.5. The van der Waals surface area contributed by atoms with Crippen LogP contribution in [0.3, 0.4) is 0 Å². The number of methoxy groups -OCH3 is 1. The fourth-order valence-electron chi connectivity index (χ4n) is 2.67. The number of nitrogens with zero attached hydrogens (tertiary/aromatic N) is 1. The van der Waals surface area contributed by atoms with Crippen molar-refractivity contribution in [2.75, 3.05) is 7.11 Å². The third-order valence-electron chi connectivity index (χ3n) is 3.95. The molecule has 0 saturated carbocycles. The summed E-state index contributed by atoms with van der Waals surface area (Å²) in [6.45, 7) is 1.48. The Hall–Kier alpha value is -2.78. The Bertz CT molecular complexity index is 928. The highest BCUT2D eigenvalue weighted by Crippen LogP contribution is 2.22. The van der Waals surface area contributed by atoms with Crippen molar-refractivity contribution in [2.24, 2.45) is 0 Å². The van der Waals surface area contributed by atoms with Gasteiger partial charge in [-0.3, -0.25) is 14.9 Å². The Morgan fingerprint density at radius 1 is 1.22 bits per heavy atom. The van der Waals surface area contributed by atoms with Gasteiger partial charge in [-0.05, 0) is 30.5 Å². The summed E-state index contributed by atoms with van der Waals surface area (Å²) >= 11 is 0. The predicted molar refractivity (Wildman–Crippen MR) is 98.7 cm³/mol. The summed E-state index contributed by atoms with van der Waals surface area (Å²) in [6, 6.07) is 11.9. The highest BCUT2D eigenvalue weighted by Gasteiger charge is 2.25. The second kappa shape index (κ2) is 8.74. The topological polar surface area (TPSA) is 116 Å². The fourth-order valence-corrected chi connectivity index (χ4v) is 4.13. The van der Waals surface area contributed by atoms with Crippen LogP contribution in [0.4, 0.5) is 5.69 Å². The Labute approximate surface area is 157 Å². The molecular formula is C18H20N2O6S. The minimum Gasteiger partial charge on any atom is -0.469 e. The minimum absolute atomic E-state index is 0.0731. The molecule has 0 heterocycles. The second-order valence-corrected chi connectivity index (χ2v) is 7.68. The lowest BCUT2D eigenvalue weighted by Crippen LogP contribution is -2.38. The molecule has 9 heteroatoms. The van der Waals surface area contributed by atoms with Crippen LogP contribution < -0.4 is 4.72 Å². The number of esters is 1. The van der Waals surface area contributed by atoms with E-state index in [2.05, 4.69) is 9.46 Å². The van der Waals surface area contributed by atoms with E-state index in [1.165, 1.54) is 26.2 Å². The van der Waals surface area contributed by atoms with E-state index >= 15 is 0 Å². The first-order chi connectivity index (χ1) is 12.7. The number of hydrogen-bond acceptors (Lipinski definition) is 6. The Kier molecular flexibility index (Phi) is 6.65. The van der Waals surface area contributed by atoms with E-state index in [0.29, 0.717) is 6.42 Å². The van der Waals surface area contributed by atoms with Crippen molar-refractivity contribution in [2.45, 2.75) is 30.7 Å². The lowest BCUT2D eigenvalue weighted by Gasteiger charge is -2.19. The Balaban J connectivity index is 2.28. The van der Waals surface area contributed by atoms with Crippen LogP contribution in [0.1, 0.15) is 17.5 Å². The van der Waals surface area contributed by atoms with Crippen LogP contribution in [-0.2, 0) is 26.0 Å². The number of non-ortho nitro benzene ring substituents is 1. The largest absolute Gasteiger partial charge is 0.469 e. The maximum Gasteiger partial charge on any atom is 0.307 e. The summed E-state index contributed by atoms with van der Waals surface area (Å²) in [5.41, 5.74) is 0.907. The summed E-state index contributed by atoms with van der Waals surface area (Å²) in [5, 5.41) is 10.8. The third kappa shape index (κ3) is 5.60. The van der Waals surface area contributed by atoms with Crippen LogP contribution in [0.15, 0.2) is 53.4 Å². The monoisotopic (exact) mass is 392 g/mol. The number of carbonyl (C=O) groups is 1. The summed E-state index contributed by atoms with van der Waals surface area (Å²) in [4.78, 5) is 21.9. The zero-order valence-electron chi connectivity index (χ0n) is 14.9. The van der Waals surface area contributed by atoms with Crippen molar-refractivity contribution in [3.63, 3.8) is 0 Å². The van der Waals surface area contributed by atoms with Gasteiger partial charge in [-0.2, -0.15) is 0 Å². The van der Waals surface area contributed by atoms with Crippen molar-refractivity contribution in [1.29, 1.82) is 0 Å². The van der Waals surface area contributed by atoms with E-state index in [9.17, 15) is 23.3 Å². The van der Waals surface area contributed by atoms with Gasteiger partial charge >= 0.3 is 5.97 Å². The van der Waals surface area contributed by atoms with Crippen LogP contribution in [0.25, 0.3) is 0 Å². The zero-order valence-corrected chi connectivity index (χ0v) is 15.7. The number of rotatable bonds is 8. The average Bonchev–Trinajstić information content (AvgIpc) is 2.61. The van der Waals surface area contributed by atoms with Crippen molar-refractivity contribution >= 4 is 21.7 Å². The highest BCUT2D eigenvalue weighted by molar-refractivity contribution is 7.89. The third-order valence-corrected chi connectivity index (χ3v) is 5.63. The molecule has 2 aromatic rings. The molecule has 0 bridgehead atoms. The van der Waals surface area contributed by atoms with Gasteiger partial charge in [0.1, 0.15) is 0 Å². The quantitative estimate of drug-likeness (QED) is 0.419. The molecule has 0 aliphatic carbocycles. The molecular weight excluding hydrogens is 372 g/mol. The van der Waals surface area contributed by atoms with Gasteiger partial charge in [0.15, 0.2) is 0 Å². The van der Waals surface area contributed by atoms with Gasteiger partial charge in [0.05, 0.1) is 23.3 Å². The normalized spacial score (nSPS) is 12.4. The van der Waals surface area contributed by atoms with Gasteiger partial charge in [-0.15, -0.1) is 0 Å². The van der Waals surface area contributed by atoms with Crippen LogP contribution >= 0.6 is 0 Å². The maximum absolute atomic E-state index is 12.8. The van der Waals surface area contributed by atoms with Crippen molar-refractivity contribution < 1.29 is 22.9 Å². The minimum atomic E-state index is -3.99. The van der Waals surface area contributed by atoms with Gasteiger partial charge in [0.25, 0.3) is 5.69 Å². The summed E-state index contributed by atoms with van der Waals surface area (Å²) < 4.78 is 32.7. The summed E-state index contributed by atoms with van der Waals surface area (Å²) in [7, 11) is -2.75. The SMILES string of the molecule is COC(=O)C[C@H](Cc1ccccc1)NS(=O)(=O)c1ccc([N+](=O)[O-])cc1C. The van der Waals surface area contributed by atoms with Crippen molar-refractivity contribution in [3.8, 4) is 0 Å². The number of sulfonamides is 1. The van der Waals surface area contributed by atoms with Crippen molar-refractivity contribution in [1.82, 2.24) is 4.72 Å². The number of nitrogens with one attached hydrogen (secondary N) is 1. The molecule has 1 N–H and O–H groups in total. The van der Waals surface area contributed by atoms with Gasteiger partial charge in [-0.25, -0.2) is 13.1 Å². The summed E-state index contributed by atoms with van der Waals surface area (Å²) in [6.07, 6.45) is 0.151. The van der Waals surface area contributed by atoms with E-state index < -0.39 is 27.0 Å². The molecule has 27 heavy (non-hydrogen) atoms. The highest BCUT2D eigenvalue weighted by atomic mass is 32.2. The molecule has 0 amide bonds. The Morgan fingerprint density at radius 2 is 1.89 bits per heavy atom. The first-order valence-corrected chi connectivity index (χ1v) is 9.59. The zero-order chi connectivity index (χ0) is 20.0. The molecule has 144 valence electrons. The smallest absolute Gasteiger partial charge is 0.307 e. The number of aryl methyl sites for hydroxylation is 1. The predicted octanol–water partition coefficient (Wildman–Crippen LogP) is 2.36. The second-order valence-electron chi connectivity index (χ2n) is 6.00. The number of hydrogen-bond donors (Lipinski definition) is 1. The van der Waals surface area contributed by atoms with Crippen LogP contribution in [0, 0.1) is 17.0 Å². The van der Waals surface area contributed by atoms with Gasteiger partial charge in [0, 0.05) is 18.2 Å². The molecule has 0 saturated heterocycles. The fraction of sp³-hybridized carbons (Fsp3) is 0.278. The molecule has 0 unspecified atom stereocenters. The van der Waals surface area contributed by atoms with E-state index in [1.54, 1.807) is 0 Å². The maximum atomic E-state index is 12.8. The molecule has 2 aromatic carbocycles. The molecule has 0 radical (unpaired) electrons. The molecule has 0 aliphatic heterocycles. The number of carbonyl (C=O) groups excluding carboxylic acids is 1. The number of nitro benzene ring substituents is 1. The van der Waals surface area contributed by atoms with Crippen LogP contribution in [0.2, 0.25) is 0 Å². The molecule has 0 fully saturated rings. The first-order valence-electron chi connectivity index (χ1n) is 8.11. The molecule has 2 rings (SSSR count). The summed E-state index contributed by atoms with van der Waals surface area (Å²) in [5.74, 6) is -0.543. The lowest BCUT2D eigenvalue weighted by atomic mass is 10.0. The standard InChI is InChI=1S/C18H20N2O6S/c1-13-10-16(20(22)23)8-9-17(13)27(24,25)19-15(12-18(21)26-2)11-14-6-4-3-5-7-14/h3-10,15,19H,11-12H2,1-2H3/t15-/m0/s1. The van der Waals surface area contributed by atoms with E-state index in [0.717, 1.165) is 11.6 Å². The molecule has 8 nitrogen and oxygen atoms in total. The number of nitro groups is 1. The number of benzene rings is 2. The Morgan fingerprint density at radius 3 is 2.44 bits per heavy atom. The van der Waals surface area contributed by atoms with Crippen molar-refractivity contribution in [3.05, 3.63) is 69.8 Å².